The molecule has 0 heterocycles. The van der Waals surface area contributed by atoms with Crippen molar-refractivity contribution >= 4 is 29.7 Å². The first-order valence-electron chi connectivity index (χ1n) is 10.6. The number of hydrogen-bond acceptors (Lipinski definition) is 6. The third-order valence-corrected chi connectivity index (χ3v) is 4.72. The van der Waals surface area contributed by atoms with Crippen LogP contribution < -0.4 is 21.7 Å². The van der Waals surface area contributed by atoms with Crippen LogP contribution in [-0.2, 0) is 30.4 Å². The smallest absolute Gasteiger partial charge is 0.326 e. The second-order valence-electron chi connectivity index (χ2n) is 8.21. The summed E-state index contributed by atoms with van der Waals surface area (Å²) < 4.78 is 0. The molecule has 11 nitrogen and oxygen atoms in total. The quantitative estimate of drug-likeness (QED) is 0.228. The Morgan fingerprint density at radius 2 is 1.42 bits per heavy atom. The normalized spacial score (nSPS) is 14.5. The van der Waals surface area contributed by atoms with E-state index in [0.717, 1.165) is 5.56 Å². The molecule has 0 unspecified atom stereocenters. The number of carbonyl (C=O) groups excluding carboxylic acids is 3. The number of carbonyl (C=O) groups is 5. The highest BCUT2D eigenvalue weighted by atomic mass is 16.4. The van der Waals surface area contributed by atoms with Gasteiger partial charge in [0.05, 0.1) is 12.5 Å². The first kappa shape index (κ1) is 27.6. The standard InChI is InChI=1S/C22H32N4O7/c1-12(2)9-17(22(32)33)26-21(31)16(11-18(27)28)25-19(29)13(3)24-20(30)15(23)10-14-7-5-4-6-8-14/h4-8,12-13,15-17H,9-11,23H2,1-3H3,(H,24,30)(H,25,29)(H,26,31)(H,27,28)(H,32,33)/t13-,15-,16-,17-/m0/s1. The van der Waals surface area contributed by atoms with Crippen LogP contribution in [0.3, 0.4) is 0 Å². The van der Waals surface area contributed by atoms with Crippen LogP contribution >= 0.6 is 0 Å². The molecule has 0 saturated heterocycles. The van der Waals surface area contributed by atoms with Crippen LogP contribution in [0.5, 0.6) is 0 Å². The van der Waals surface area contributed by atoms with Crippen molar-refractivity contribution in [3.05, 3.63) is 35.9 Å². The number of nitrogens with one attached hydrogen (secondary N) is 3. The van der Waals surface area contributed by atoms with Crippen molar-refractivity contribution in [1.82, 2.24) is 16.0 Å². The maximum absolute atomic E-state index is 12.5. The van der Waals surface area contributed by atoms with E-state index < -0.39 is 60.2 Å². The lowest BCUT2D eigenvalue weighted by atomic mass is 10.0. The number of rotatable bonds is 13. The molecule has 11 heteroatoms. The lowest BCUT2D eigenvalue weighted by Crippen LogP contribution is -2.57. The highest BCUT2D eigenvalue weighted by Crippen LogP contribution is 2.06. The molecule has 0 spiro atoms. The molecule has 7 N–H and O–H groups in total. The van der Waals surface area contributed by atoms with Gasteiger partial charge in [0.15, 0.2) is 0 Å². The highest BCUT2D eigenvalue weighted by molar-refractivity contribution is 5.95. The zero-order valence-electron chi connectivity index (χ0n) is 18.9. The maximum Gasteiger partial charge on any atom is 0.326 e. The average Bonchev–Trinajstić information content (AvgIpc) is 2.72. The van der Waals surface area contributed by atoms with Gasteiger partial charge in [-0.1, -0.05) is 44.2 Å². The lowest BCUT2D eigenvalue weighted by molar-refractivity contribution is -0.144. The van der Waals surface area contributed by atoms with Gasteiger partial charge in [-0.05, 0) is 31.2 Å². The molecule has 0 aromatic heterocycles. The summed E-state index contributed by atoms with van der Waals surface area (Å²) in [6.45, 7) is 4.90. The Bertz CT molecular complexity index is 844. The number of amides is 3. The molecule has 0 aliphatic carbocycles. The summed E-state index contributed by atoms with van der Waals surface area (Å²) in [5.74, 6) is -5.04. The van der Waals surface area contributed by atoms with Crippen LogP contribution in [0.1, 0.15) is 39.2 Å². The van der Waals surface area contributed by atoms with E-state index in [2.05, 4.69) is 16.0 Å². The average molecular weight is 465 g/mol. The molecule has 0 aliphatic rings. The monoisotopic (exact) mass is 464 g/mol. The number of hydrogen-bond donors (Lipinski definition) is 6. The maximum atomic E-state index is 12.5. The van der Waals surface area contributed by atoms with Crippen LogP contribution in [0.25, 0.3) is 0 Å². The fraction of sp³-hybridized carbons (Fsp3) is 0.500. The van der Waals surface area contributed by atoms with Crippen molar-refractivity contribution in [3.8, 4) is 0 Å². The van der Waals surface area contributed by atoms with E-state index in [1.165, 1.54) is 6.92 Å². The molecule has 0 radical (unpaired) electrons. The summed E-state index contributed by atoms with van der Waals surface area (Å²) in [5, 5.41) is 25.3. The van der Waals surface area contributed by atoms with E-state index in [-0.39, 0.29) is 18.8 Å². The third kappa shape index (κ3) is 10.1. The number of benzene rings is 1. The summed E-state index contributed by atoms with van der Waals surface area (Å²) in [7, 11) is 0. The van der Waals surface area contributed by atoms with Crippen molar-refractivity contribution in [1.29, 1.82) is 0 Å². The van der Waals surface area contributed by atoms with E-state index in [4.69, 9.17) is 10.8 Å². The van der Waals surface area contributed by atoms with Crippen molar-refractivity contribution in [2.45, 2.75) is 64.2 Å². The fourth-order valence-electron chi connectivity index (χ4n) is 2.99. The van der Waals surface area contributed by atoms with Crippen molar-refractivity contribution in [2.24, 2.45) is 11.7 Å². The molecule has 0 bridgehead atoms. The van der Waals surface area contributed by atoms with E-state index in [1.54, 1.807) is 26.0 Å². The van der Waals surface area contributed by atoms with E-state index in [1.807, 2.05) is 18.2 Å². The van der Waals surface area contributed by atoms with Crippen LogP contribution in [-0.4, -0.2) is 64.0 Å². The zero-order valence-corrected chi connectivity index (χ0v) is 18.9. The van der Waals surface area contributed by atoms with Gasteiger partial charge in [0.25, 0.3) is 0 Å². The van der Waals surface area contributed by atoms with Crippen molar-refractivity contribution in [2.75, 3.05) is 0 Å². The molecular formula is C22H32N4O7. The van der Waals surface area contributed by atoms with Gasteiger partial charge in [-0.15, -0.1) is 0 Å². The SMILES string of the molecule is CC(C)C[C@H](NC(=O)[C@H](CC(=O)O)NC(=O)[C@H](C)NC(=O)[C@@H](N)Cc1ccccc1)C(=O)O. The minimum absolute atomic E-state index is 0.0470. The Hall–Kier alpha value is -3.47. The zero-order chi connectivity index (χ0) is 25.1. The Morgan fingerprint density at radius 3 is 1.94 bits per heavy atom. The van der Waals surface area contributed by atoms with Gasteiger partial charge in [-0.3, -0.25) is 19.2 Å². The number of aliphatic carboxylic acids is 2. The van der Waals surface area contributed by atoms with Gasteiger partial charge < -0.3 is 31.9 Å². The minimum Gasteiger partial charge on any atom is -0.481 e. The van der Waals surface area contributed by atoms with E-state index >= 15 is 0 Å². The number of nitrogens with two attached hydrogens (primary N) is 1. The number of carboxylic acids is 2. The third-order valence-electron chi connectivity index (χ3n) is 4.72. The van der Waals surface area contributed by atoms with Crippen LogP contribution in [0.2, 0.25) is 0 Å². The summed E-state index contributed by atoms with van der Waals surface area (Å²) in [6, 6.07) is 4.25. The first-order chi connectivity index (χ1) is 15.4. The topological polar surface area (TPSA) is 188 Å². The predicted octanol–water partition coefficient (Wildman–Crippen LogP) is -0.364. The van der Waals surface area contributed by atoms with Gasteiger partial charge >= 0.3 is 11.9 Å². The summed E-state index contributed by atoms with van der Waals surface area (Å²) >= 11 is 0. The predicted molar refractivity (Wildman–Crippen MR) is 119 cm³/mol. The van der Waals surface area contributed by atoms with Crippen LogP contribution in [0.15, 0.2) is 30.3 Å². The van der Waals surface area contributed by atoms with Gasteiger partial charge in [-0.2, -0.15) is 0 Å². The Morgan fingerprint density at radius 1 is 0.848 bits per heavy atom. The van der Waals surface area contributed by atoms with E-state index in [0.29, 0.717) is 0 Å². The Kier molecular flexibility index (Phi) is 11.0. The second kappa shape index (κ2) is 13.2. The summed E-state index contributed by atoms with van der Waals surface area (Å²) in [5.41, 5.74) is 6.73. The molecule has 1 aromatic carbocycles. The lowest BCUT2D eigenvalue weighted by Gasteiger charge is -2.23. The minimum atomic E-state index is -1.53. The second-order valence-corrected chi connectivity index (χ2v) is 8.21. The Balaban J connectivity index is 2.75. The van der Waals surface area contributed by atoms with Gasteiger partial charge in [0.2, 0.25) is 17.7 Å². The molecule has 0 aliphatic heterocycles. The number of carboxylic acid groups (broad SMARTS) is 2. The first-order valence-corrected chi connectivity index (χ1v) is 10.6. The van der Waals surface area contributed by atoms with E-state index in [9.17, 15) is 29.1 Å². The molecule has 4 atom stereocenters. The molecule has 0 fully saturated rings. The summed E-state index contributed by atoms with van der Waals surface area (Å²) in [4.78, 5) is 59.9. The molecule has 33 heavy (non-hydrogen) atoms. The molecule has 3 amide bonds. The molecule has 1 aromatic rings. The van der Waals surface area contributed by atoms with Crippen LogP contribution in [0.4, 0.5) is 0 Å². The molecule has 0 saturated carbocycles. The summed E-state index contributed by atoms with van der Waals surface area (Å²) in [6.07, 6.45) is -0.391. The molecule has 1 rings (SSSR count). The van der Waals surface area contributed by atoms with Crippen molar-refractivity contribution < 1.29 is 34.2 Å². The fourth-order valence-corrected chi connectivity index (χ4v) is 2.99. The van der Waals surface area contributed by atoms with Gasteiger partial charge in [0.1, 0.15) is 18.1 Å². The highest BCUT2D eigenvalue weighted by Gasteiger charge is 2.30. The largest absolute Gasteiger partial charge is 0.481 e. The molecular weight excluding hydrogens is 432 g/mol. The van der Waals surface area contributed by atoms with Crippen molar-refractivity contribution in [3.63, 3.8) is 0 Å². The van der Waals surface area contributed by atoms with Gasteiger partial charge in [0, 0.05) is 0 Å². The molecule has 182 valence electrons. The van der Waals surface area contributed by atoms with Gasteiger partial charge in [-0.25, -0.2) is 4.79 Å². The Labute approximate surface area is 192 Å². The van der Waals surface area contributed by atoms with Crippen LogP contribution in [0, 0.1) is 5.92 Å².